The zero-order chi connectivity index (χ0) is 13.4. The van der Waals surface area contributed by atoms with Crippen LogP contribution < -0.4 is 10.6 Å². The van der Waals surface area contributed by atoms with Crippen molar-refractivity contribution in [2.45, 2.75) is 20.3 Å². The van der Waals surface area contributed by atoms with E-state index >= 15 is 0 Å². The fraction of sp³-hybridized carbons (Fsp3) is 0.286. The molecule has 0 aromatic heterocycles. The van der Waals surface area contributed by atoms with E-state index in [0.717, 1.165) is 6.42 Å². The van der Waals surface area contributed by atoms with E-state index in [4.69, 9.17) is 0 Å². The molecule has 2 N–H and O–H groups in total. The summed E-state index contributed by atoms with van der Waals surface area (Å²) < 4.78 is 0. The molecule has 0 bridgehead atoms. The minimum atomic E-state index is -0.152. The number of carbonyl (C=O) groups is 2. The Morgan fingerprint density at radius 1 is 1.33 bits per heavy atom. The van der Waals surface area contributed by atoms with Crippen LogP contribution in [0.3, 0.4) is 0 Å². The van der Waals surface area contributed by atoms with Crippen molar-refractivity contribution in [1.29, 1.82) is 0 Å². The molecule has 1 aromatic carbocycles. The molecule has 1 rings (SSSR count). The summed E-state index contributed by atoms with van der Waals surface area (Å²) in [6.45, 7) is 3.98. The van der Waals surface area contributed by atoms with Crippen molar-refractivity contribution < 1.29 is 9.59 Å². The highest BCUT2D eigenvalue weighted by Crippen LogP contribution is 2.10. The van der Waals surface area contributed by atoms with E-state index < -0.39 is 0 Å². The molecule has 4 heteroatoms. The summed E-state index contributed by atoms with van der Waals surface area (Å²) in [7, 11) is 0. The second-order valence-corrected chi connectivity index (χ2v) is 3.88. The summed E-state index contributed by atoms with van der Waals surface area (Å²) in [5, 5.41) is 5.46. The first-order chi connectivity index (χ1) is 8.63. The molecule has 0 aliphatic rings. The van der Waals surface area contributed by atoms with Gasteiger partial charge in [-0.15, -0.1) is 0 Å². The molecular formula is C14H18N2O2. The molecule has 0 saturated carbocycles. The first-order valence-electron chi connectivity index (χ1n) is 5.90. The average molecular weight is 246 g/mol. The molecule has 0 heterocycles. The lowest BCUT2D eigenvalue weighted by molar-refractivity contribution is -0.114. The zero-order valence-electron chi connectivity index (χ0n) is 10.7. The van der Waals surface area contributed by atoms with Crippen LogP contribution in [0.4, 0.5) is 5.69 Å². The van der Waals surface area contributed by atoms with E-state index in [2.05, 4.69) is 10.6 Å². The average Bonchev–Trinajstić information content (AvgIpc) is 2.34. The molecule has 0 spiro atoms. The number of benzene rings is 1. The summed E-state index contributed by atoms with van der Waals surface area (Å²) in [6.07, 6.45) is 4.76. The molecule has 0 unspecified atom stereocenters. The number of allylic oxidation sites excluding steroid dienone is 1. The lowest BCUT2D eigenvalue weighted by Gasteiger charge is -2.06. The van der Waals surface area contributed by atoms with Crippen LogP contribution in [0.1, 0.15) is 30.6 Å². The second kappa shape index (κ2) is 7.27. The Hall–Kier alpha value is -2.10. The maximum Gasteiger partial charge on any atom is 0.251 e. The van der Waals surface area contributed by atoms with Crippen LogP contribution in [0.2, 0.25) is 0 Å². The third kappa shape index (κ3) is 4.82. The second-order valence-electron chi connectivity index (χ2n) is 3.88. The quantitative estimate of drug-likeness (QED) is 0.619. The van der Waals surface area contributed by atoms with Gasteiger partial charge in [-0.25, -0.2) is 0 Å². The number of nitrogens with one attached hydrogen (secondary N) is 2. The third-order valence-electron chi connectivity index (χ3n) is 2.28. The monoisotopic (exact) mass is 246 g/mol. The van der Waals surface area contributed by atoms with Gasteiger partial charge in [-0.3, -0.25) is 9.59 Å². The molecule has 0 aliphatic heterocycles. The van der Waals surface area contributed by atoms with Crippen LogP contribution in [0.15, 0.2) is 36.4 Å². The predicted octanol–water partition coefficient (Wildman–Crippen LogP) is 2.34. The smallest absolute Gasteiger partial charge is 0.251 e. The predicted molar refractivity (Wildman–Crippen MR) is 72.5 cm³/mol. The molecule has 1 aromatic rings. The Balaban J connectivity index is 2.59. The van der Waals surface area contributed by atoms with E-state index in [1.807, 2.05) is 19.1 Å². The summed E-state index contributed by atoms with van der Waals surface area (Å²) in [6, 6.07) is 6.87. The Labute approximate surface area is 107 Å². The van der Waals surface area contributed by atoms with Gasteiger partial charge in [0.25, 0.3) is 5.91 Å². The van der Waals surface area contributed by atoms with E-state index in [-0.39, 0.29) is 11.8 Å². The Morgan fingerprint density at radius 2 is 2.11 bits per heavy atom. The van der Waals surface area contributed by atoms with Gasteiger partial charge >= 0.3 is 0 Å². The maximum absolute atomic E-state index is 11.8. The number of hydrogen-bond acceptors (Lipinski definition) is 2. The molecule has 2 amide bonds. The highest BCUT2D eigenvalue weighted by atomic mass is 16.2. The van der Waals surface area contributed by atoms with Crippen molar-refractivity contribution >= 4 is 17.5 Å². The lowest BCUT2D eigenvalue weighted by Crippen LogP contribution is -2.24. The fourth-order valence-corrected chi connectivity index (χ4v) is 1.48. The van der Waals surface area contributed by atoms with Crippen LogP contribution in [0, 0.1) is 0 Å². The Kier molecular flexibility index (Phi) is 5.64. The standard InChI is InChI=1S/C14H18N2O2/c1-3-4-5-9-15-14(18)12-7-6-8-13(10-12)16-11(2)17/h3-4,6-8,10H,5,9H2,1-2H3,(H,15,18)(H,16,17)/b4-3+. The molecule has 0 atom stereocenters. The molecule has 0 aliphatic carbocycles. The van der Waals surface area contributed by atoms with Gasteiger partial charge in [0.15, 0.2) is 0 Å². The van der Waals surface area contributed by atoms with Crippen molar-refractivity contribution in [2.24, 2.45) is 0 Å². The number of carbonyl (C=O) groups excluding carboxylic acids is 2. The minimum absolute atomic E-state index is 0.133. The van der Waals surface area contributed by atoms with Crippen molar-refractivity contribution in [2.75, 3.05) is 11.9 Å². The minimum Gasteiger partial charge on any atom is -0.352 e. The van der Waals surface area contributed by atoms with E-state index in [0.29, 0.717) is 17.8 Å². The van der Waals surface area contributed by atoms with Gasteiger partial charge in [0, 0.05) is 24.7 Å². The van der Waals surface area contributed by atoms with Crippen LogP contribution in [-0.4, -0.2) is 18.4 Å². The van der Waals surface area contributed by atoms with E-state index in [9.17, 15) is 9.59 Å². The largest absolute Gasteiger partial charge is 0.352 e. The molecule has 0 saturated heterocycles. The highest BCUT2D eigenvalue weighted by Gasteiger charge is 2.05. The summed E-state index contributed by atoms with van der Waals surface area (Å²) in [5.41, 5.74) is 1.17. The number of anilines is 1. The fourth-order valence-electron chi connectivity index (χ4n) is 1.48. The first kappa shape index (κ1) is 14.0. The van der Waals surface area contributed by atoms with Crippen LogP contribution in [0.5, 0.6) is 0 Å². The molecular weight excluding hydrogens is 228 g/mol. The zero-order valence-corrected chi connectivity index (χ0v) is 10.7. The number of hydrogen-bond donors (Lipinski definition) is 2. The Bertz CT molecular complexity index is 453. The Morgan fingerprint density at radius 3 is 2.78 bits per heavy atom. The number of amides is 2. The summed E-state index contributed by atoms with van der Waals surface area (Å²) in [4.78, 5) is 22.7. The SMILES string of the molecule is C/C=C/CCNC(=O)c1cccc(NC(C)=O)c1. The van der Waals surface area contributed by atoms with Crippen LogP contribution in [0.25, 0.3) is 0 Å². The highest BCUT2D eigenvalue weighted by molar-refractivity contribution is 5.96. The van der Waals surface area contributed by atoms with E-state index in [1.165, 1.54) is 6.92 Å². The molecule has 4 nitrogen and oxygen atoms in total. The van der Waals surface area contributed by atoms with Gasteiger partial charge in [0.1, 0.15) is 0 Å². The molecule has 18 heavy (non-hydrogen) atoms. The summed E-state index contributed by atoms with van der Waals surface area (Å²) >= 11 is 0. The molecule has 0 fully saturated rings. The van der Waals surface area contributed by atoms with Gasteiger partial charge in [-0.1, -0.05) is 18.2 Å². The summed E-state index contributed by atoms with van der Waals surface area (Å²) in [5.74, 6) is -0.285. The number of rotatable bonds is 5. The van der Waals surface area contributed by atoms with Gasteiger partial charge in [0.05, 0.1) is 0 Å². The normalized spacial score (nSPS) is 10.3. The van der Waals surface area contributed by atoms with Crippen molar-refractivity contribution in [1.82, 2.24) is 5.32 Å². The van der Waals surface area contributed by atoms with Gasteiger partial charge < -0.3 is 10.6 Å². The molecule has 0 radical (unpaired) electrons. The first-order valence-corrected chi connectivity index (χ1v) is 5.90. The lowest BCUT2D eigenvalue weighted by atomic mass is 10.2. The molecule has 96 valence electrons. The van der Waals surface area contributed by atoms with Gasteiger partial charge in [-0.05, 0) is 31.5 Å². The van der Waals surface area contributed by atoms with Crippen molar-refractivity contribution in [3.05, 3.63) is 42.0 Å². The van der Waals surface area contributed by atoms with E-state index in [1.54, 1.807) is 24.3 Å². The van der Waals surface area contributed by atoms with Crippen molar-refractivity contribution in [3.63, 3.8) is 0 Å². The van der Waals surface area contributed by atoms with Crippen LogP contribution in [-0.2, 0) is 4.79 Å². The van der Waals surface area contributed by atoms with Gasteiger partial charge in [-0.2, -0.15) is 0 Å². The topological polar surface area (TPSA) is 58.2 Å². The maximum atomic E-state index is 11.8. The van der Waals surface area contributed by atoms with Gasteiger partial charge in [0.2, 0.25) is 5.91 Å². The van der Waals surface area contributed by atoms with Crippen LogP contribution >= 0.6 is 0 Å². The van der Waals surface area contributed by atoms with Crippen molar-refractivity contribution in [3.8, 4) is 0 Å². The third-order valence-corrected chi connectivity index (χ3v) is 2.28.